The smallest absolute Gasteiger partial charge is 0.141 e. The maximum Gasteiger partial charge on any atom is 0.141 e. The molecule has 0 saturated carbocycles. The number of piperidine rings is 1. The van der Waals surface area contributed by atoms with Crippen LogP contribution in [0.4, 0.5) is 0 Å². The standard InChI is InChI=1S/C12H23NO/c1-5-13-8-6-12(4,7-9-13)11(14)10(2)3/h10H,5-9H2,1-4H3. The molecule has 1 aliphatic heterocycles. The summed E-state index contributed by atoms with van der Waals surface area (Å²) in [6, 6.07) is 0. The Labute approximate surface area is 87.7 Å². The number of Topliss-reactive ketones (excluding diaryl/α,β-unsaturated/α-hetero) is 1. The van der Waals surface area contributed by atoms with Gasteiger partial charge in [-0.3, -0.25) is 4.79 Å². The Morgan fingerprint density at radius 2 is 1.86 bits per heavy atom. The van der Waals surface area contributed by atoms with E-state index in [0.29, 0.717) is 5.78 Å². The molecular formula is C12H23NO. The predicted octanol–water partition coefficient (Wildman–Crippen LogP) is 2.33. The zero-order chi connectivity index (χ0) is 10.8. The van der Waals surface area contributed by atoms with Crippen LogP contribution < -0.4 is 0 Å². The fraction of sp³-hybridized carbons (Fsp3) is 0.917. The van der Waals surface area contributed by atoms with E-state index in [-0.39, 0.29) is 11.3 Å². The second-order valence-electron chi connectivity index (χ2n) is 5.01. The van der Waals surface area contributed by atoms with Gasteiger partial charge in [0.2, 0.25) is 0 Å². The maximum atomic E-state index is 12.0. The van der Waals surface area contributed by atoms with E-state index in [2.05, 4.69) is 18.7 Å². The molecular weight excluding hydrogens is 174 g/mol. The van der Waals surface area contributed by atoms with Gasteiger partial charge in [0.15, 0.2) is 0 Å². The van der Waals surface area contributed by atoms with Gasteiger partial charge in [-0.25, -0.2) is 0 Å². The fourth-order valence-electron chi connectivity index (χ4n) is 2.31. The van der Waals surface area contributed by atoms with Gasteiger partial charge in [-0.1, -0.05) is 27.7 Å². The van der Waals surface area contributed by atoms with Gasteiger partial charge in [-0.05, 0) is 32.5 Å². The number of hydrogen-bond donors (Lipinski definition) is 0. The predicted molar refractivity (Wildman–Crippen MR) is 59.3 cm³/mol. The number of ketones is 1. The maximum absolute atomic E-state index is 12.0. The number of likely N-dealkylation sites (tertiary alicyclic amines) is 1. The molecule has 0 aliphatic carbocycles. The zero-order valence-corrected chi connectivity index (χ0v) is 9.97. The van der Waals surface area contributed by atoms with E-state index in [1.807, 2.05) is 13.8 Å². The first kappa shape index (κ1) is 11.7. The van der Waals surface area contributed by atoms with Gasteiger partial charge in [0.1, 0.15) is 5.78 Å². The van der Waals surface area contributed by atoms with E-state index < -0.39 is 0 Å². The minimum Gasteiger partial charge on any atom is -0.304 e. The third-order valence-electron chi connectivity index (χ3n) is 3.53. The zero-order valence-electron chi connectivity index (χ0n) is 9.97. The van der Waals surface area contributed by atoms with Crippen LogP contribution >= 0.6 is 0 Å². The summed E-state index contributed by atoms with van der Waals surface area (Å²) in [5.41, 5.74) is -0.0418. The van der Waals surface area contributed by atoms with Crippen LogP contribution in [0.25, 0.3) is 0 Å². The number of nitrogens with zero attached hydrogens (tertiary/aromatic N) is 1. The van der Waals surface area contributed by atoms with Gasteiger partial charge in [0.25, 0.3) is 0 Å². The van der Waals surface area contributed by atoms with Gasteiger partial charge < -0.3 is 4.90 Å². The Morgan fingerprint density at radius 3 is 2.21 bits per heavy atom. The summed E-state index contributed by atoms with van der Waals surface area (Å²) in [5.74, 6) is 0.640. The van der Waals surface area contributed by atoms with E-state index >= 15 is 0 Å². The Balaban J connectivity index is 2.57. The molecule has 1 heterocycles. The highest BCUT2D eigenvalue weighted by Gasteiger charge is 2.37. The number of carbonyl (C=O) groups is 1. The highest BCUT2D eigenvalue weighted by molar-refractivity contribution is 5.86. The van der Waals surface area contributed by atoms with Crippen LogP contribution in [0.15, 0.2) is 0 Å². The average molecular weight is 197 g/mol. The molecule has 0 radical (unpaired) electrons. The molecule has 2 heteroatoms. The topological polar surface area (TPSA) is 20.3 Å². The molecule has 0 aromatic heterocycles. The molecule has 0 unspecified atom stereocenters. The van der Waals surface area contributed by atoms with E-state index in [1.165, 1.54) is 0 Å². The first-order valence-corrected chi connectivity index (χ1v) is 5.76. The lowest BCUT2D eigenvalue weighted by atomic mass is 9.73. The van der Waals surface area contributed by atoms with Gasteiger partial charge in [0.05, 0.1) is 0 Å². The number of rotatable bonds is 3. The molecule has 1 saturated heterocycles. The van der Waals surface area contributed by atoms with E-state index in [4.69, 9.17) is 0 Å². The third kappa shape index (κ3) is 2.35. The monoisotopic (exact) mass is 197 g/mol. The molecule has 0 amide bonds. The summed E-state index contributed by atoms with van der Waals surface area (Å²) < 4.78 is 0. The van der Waals surface area contributed by atoms with Crippen molar-refractivity contribution in [3.8, 4) is 0 Å². The van der Waals surface area contributed by atoms with Crippen molar-refractivity contribution in [2.24, 2.45) is 11.3 Å². The minimum absolute atomic E-state index is 0.0418. The Bertz CT molecular complexity index is 202. The average Bonchev–Trinajstić information content (AvgIpc) is 2.18. The summed E-state index contributed by atoms with van der Waals surface area (Å²) in [7, 11) is 0. The molecule has 0 spiro atoms. The van der Waals surface area contributed by atoms with Gasteiger partial charge in [0, 0.05) is 11.3 Å². The normalized spacial score (nSPS) is 22.6. The van der Waals surface area contributed by atoms with Crippen molar-refractivity contribution in [2.45, 2.75) is 40.5 Å². The highest BCUT2D eigenvalue weighted by Crippen LogP contribution is 2.34. The molecule has 0 aromatic rings. The van der Waals surface area contributed by atoms with Crippen LogP contribution in [-0.4, -0.2) is 30.3 Å². The molecule has 1 aliphatic rings. The van der Waals surface area contributed by atoms with E-state index in [9.17, 15) is 4.79 Å². The fourth-order valence-corrected chi connectivity index (χ4v) is 2.31. The molecule has 0 aromatic carbocycles. The summed E-state index contributed by atoms with van der Waals surface area (Å²) in [5, 5.41) is 0. The van der Waals surface area contributed by atoms with Crippen LogP contribution in [-0.2, 0) is 4.79 Å². The van der Waals surface area contributed by atoms with Crippen LogP contribution in [0.5, 0.6) is 0 Å². The number of hydrogen-bond acceptors (Lipinski definition) is 2. The van der Waals surface area contributed by atoms with Crippen LogP contribution in [0.2, 0.25) is 0 Å². The summed E-state index contributed by atoms with van der Waals surface area (Å²) in [6.45, 7) is 11.7. The van der Waals surface area contributed by atoms with Crippen molar-refractivity contribution in [3.63, 3.8) is 0 Å². The highest BCUT2D eigenvalue weighted by atomic mass is 16.1. The van der Waals surface area contributed by atoms with E-state index in [0.717, 1.165) is 32.5 Å². The van der Waals surface area contributed by atoms with Crippen LogP contribution in [0, 0.1) is 11.3 Å². The second-order valence-corrected chi connectivity index (χ2v) is 5.01. The summed E-state index contributed by atoms with van der Waals surface area (Å²) in [6.07, 6.45) is 2.08. The van der Waals surface area contributed by atoms with E-state index in [1.54, 1.807) is 0 Å². The molecule has 0 N–H and O–H groups in total. The van der Waals surface area contributed by atoms with Crippen molar-refractivity contribution in [3.05, 3.63) is 0 Å². The van der Waals surface area contributed by atoms with Crippen LogP contribution in [0.3, 0.4) is 0 Å². The van der Waals surface area contributed by atoms with Crippen molar-refractivity contribution in [1.82, 2.24) is 4.90 Å². The minimum atomic E-state index is -0.0418. The van der Waals surface area contributed by atoms with Gasteiger partial charge >= 0.3 is 0 Å². The SMILES string of the molecule is CCN1CCC(C)(C(=O)C(C)C)CC1. The molecule has 1 fully saturated rings. The number of carbonyl (C=O) groups excluding carboxylic acids is 1. The van der Waals surface area contributed by atoms with Crippen LogP contribution in [0.1, 0.15) is 40.5 Å². The molecule has 82 valence electrons. The van der Waals surface area contributed by atoms with Crippen molar-refractivity contribution in [2.75, 3.05) is 19.6 Å². The Kier molecular flexibility index (Phi) is 3.71. The first-order chi connectivity index (χ1) is 6.49. The Morgan fingerprint density at radius 1 is 1.36 bits per heavy atom. The lowest BCUT2D eigenvalue weighted by molar-refractivity contribution is -0.133. The lowest BCUT2D eigenvalue weighted by Gasteiger charge is -2.38. The molecule has 2 nitrogen and oxygen atoms in total. The quantitative estimate of drug-likeness (QED) is 0.692. The van der Waals surface area contributed by atoms with Crippen molar-refractivity contribution >= 4 is 5.78 Å². The summed E-state index contributed by atoms with van der Waals surface area (Å²) >= 11 is 0. The molecule has 14 heavy (non-hydrogen) atoms. The third-order valence-corrected chi connectivity index (χ3v) is 3.53. The molecule has 0 bridgehead atoms. The lowest BCUT2D eigenvalue weighted by Crippen LogP contribution is -2.43. The molecule has 1 rings (SSSR count). The van der Waals surface area contributed by atoms with Crippen molar-refractivity contribution < 1.29 is 4.79 Å². The molecule has 0 atom stereocenters. The van der Waals surface area contributed by atoms with Gasteiger partial charge in [-0.15, -0.1) is 0 Å². The largest absolute Gasteiger partial charge is 0.304 e. The Hall–Kier alpha value is -0.370. The van der Waals surface area contributed by atoms with Crippen molar-refractivity contribution in [1.29, 1.82) is 0 Å². The second kappa shape index (κ2) is 4.43. The van der Waals surface area contributed by atoms with Gasteiger partial charge in [-0.2, -0.15) is 0 Å². The first-order valence-electron chi connectivity index (χ1n) is 5.76. The summed E-state index contributed by atoms with van der Waals surface area (Å²) in [4.78, 5) is 14.4.